The van der Waals surface area contributed by atoms with Crippen LogP contribution in [0.1, 0.15) is 45.3 Å². The summed E-state index contributed by atoms with van der Waals surface area (Å²) in [5, 5.41) is 0.646. The smallest absolute Gasteiger partial charge is 0.254 e. The molecule has 138 valence electrons. The Kier molecular flexibility index (Phi) is 4.31. The van der Waals surface area contributed by atoms with Gasteiger partial charge in [-0.15, -0.1) is 0 Å². The molecule has 3 aromatic rings. The van der Waals surface area contributed by atoms with Crippen molar-refractivity contribution in [2.24, 2.45) is 0 Å². The molecule has 1 aliphatic heterocycles. The number of carbonyl (C=O) groups excluding carboxylic acids is 2. The van der Waals surface area contributed by atoms with Crippen molar-refractivity contribution in [3.8, 4) is 10.8 Å². The standard InChI is InChI=1S/C18H16FN5O2S/c1-10-15-14(9-25)21-16(17-20-11(2)22-27-17)24(15)8-7-23(10)18(26)12-3-5-13(19)6-4-12/h3-6,9-10H,7-8H2,1-2H3/t10-/m1/s1. The van der Waals surface area contributed by atoms with Crippen LogP contribution in [-0.4, -0.2) is 42.5 Å². The van der Waals surface area contributed by atoms with Crippen molar-refractivity contribution >= 4 is 23.7 Å². The van der Waals surface area contributed by atoms with Crippen LogP contribution >= 0.6 is 11.5 Å². The van der Waals surface area contributed by atoms with E-state index in [2.05, 4.69) is 14.3 Å². The van der Waals surface area contributed by atoms with Crippen LogP contribution in [0.2, 0.25) is 0 Å². The summed E-state index contributed by atoms with van der Waals surface area (Å²) in [5.74, 6) is 0.645. The molecule has 1 atom stereocenters. The van der Waals surface area contributed by atoms with Crippen molar-refractivity contribution in [1.82, 2.24) is 23.8 Å². The number of halogens is 1. The maximum atomic E-state index is 13.1. The summed E-state index contributed by atoms with van der Waals surface area (Å²) in [4.78, 5) is 35.0. The summed E-state index contributed by atoms with van der Waals surface area (Å²) < 4.78 is 19.3. The summed E-state index contributed by atoms with van der Waals surface area (Å²) in [6.07, 6.45) is 0.700. The molecular weight excluding hydrogens is 369 g/mol. The minimum Gasteiger partial charge on any atom is -0.329 e. The van der Waals surface area contributed by atoms with Crippen LogP contribution in [0.3, 0.4) is 0 Å². The molecule has 3 heterocycles. The van der Waals surface area contributed by atoms with E-state index in [9.17, 15) is 14.0 Å². The molecule has 9 heteroatoms. The predicted molar refractivity (Wildman–Crippen MR) is 97.1 cm³/mol. The quantitative estimate of drug-likeness (QED) is 0.648. The van der Waals surface area contributed by atoms with Crippen LogP contribution in [0.4, 0.5) is 4.39 Å². The van der Waals surface area contributed by atoms with Crippen molar-refractivity contribution in [2.75, 3.05) is 6.54 Å². The summed E-state index contributed by atoms with van der Waals surface area (Å²) in [6, 6.07) is 5.10. The summed E-state index contributed by atoms with van der Waals surface area (Å²) in [7, 11) is 0. The van der Waals surface area contributed by atoms with E-state index in [1.54, 1.807) is 11.8 Å². The SMILES string of the molecule is Cc1nsc(-c2nc(C=O)c3n2CCN(C(=O)c2ccc(F)cc2)[C@@H]3C)n1. The number of amides is 1. The van der Waals surface area contributed by atoms with Crippen LogP contribution in [-0.2, 0) is 6.54 Å². The van der Waals surface area contributed by atoms with Gasteiger partial charge in [-0.05, 0) is 49.6 Å². The second kappa shape index (κ2) is 6.66. The molecule has 0 saturated heterocycles. The van der Waals surface area contributed by atoms with Gasteiger partial charge in [-0.25, -0.2) is 14.4 Å². The highest BCUT2D eigenvalue weighted by atomic mass is 32.1. The summed E-state index contributed by atoms with van der Waals surface area (Å²) in [5.41, 5.74) is 1.38. The monoisotopic (exact) mass is 385 g/mol. The fourth-order valence-corrected chi connectivity index (χ4v) is 4.04. The molecule has 0 saturated carbocycles. The van der Waals surface area contributed by atoms with Crippen LogP contribution in [0.5, 0.6) is 0 Å². The molecule has 1 aliphatic rings. The van der Waals surface area contributed by atoms with Gasteiger partial charge >= 0.3 is 0 Å². The van der Waals surface area contributed by atoms with Gasteiger partial charge in [0.05, 0.1) is 11.7 Å². The van der Waals surface area contributed by atoms with Gasteiger partial charge in [0.2, 0.25) is 0 Å². The van der Waals surface area contributed by atoms with Crippen LogP contribution in [0.25, 0.3) is 10.8 Å². The molecule has 1 amide bonds. The number of benzene rings is 1. The number of imidazole rings is 1. The Hall–Kier alpha value is -2.94. The molecule has 7 nitrogen and oxygen atoms in total. The van der Waals surface area contributed by atoms with Crippen molar-refractivity contribution in [2.45, 2.75) is 26.4 Å². The Morgan fingerprint density at radius 3 is 2.63 bits per heavy atom. The van der Waals surface area contributed by atoms with Gasteiger partial charge in [-0.3, -0.25) is 9.59 Å². The first kappa shape index (κ1) is 17.5. The topological polar surface area (TPSA) is 81.0 Å². The maximum Gasteiger partial charge on any atom is 0.254 e. The highest BCUT2D eigenvalue weighted by molar-refractivity contribution is 7.09. The number of rotatable bonds is 3. The number of hydrogen-bond acceptors (Lipinski definition) is 6. The Bertz CT molecular complexity index is 1030. The van der Waals surface area contributed by atoms with E-state index >= 15 is 0 Å². The zero-order valence-corrected chi connectivity index (χ0v) is 15.5. The Labute approximate surface area is 158 Å². The zero-order chi connectivity index (χ0) is 19.1. The summed E-state index contributed by atoms with van der Waals surface area (Å²) in [6.45, 7) is 4.59. The lowest BCUT2D eigenvalue weighted by Gasteiger charge is -2.35. The fourth-order valence-electron chi connectivity index (χ4n) is 3.37. The average Bonchev–Trinajstić information content (AvgIpc) is 3.26. The van der Waals surface area contributed by atoms with Gasteiger partial charge in [-0.1, -0.05) is 0 Å². The lowest BCUT2D eigenvalue weighted by Crippen LogP contribution is -2.41. The van der Waals surface area contributed by atoms with Gasteiger partial charge in [0.25, 0.3) is 5.91 Å². The van der Waals surface area contributed by atoms with E-state index in [-0.39, 0.29) is 11.9 Å². The summed E-state index contributed by atoms with van der Waals surface area (Å²) >= 11 is 1.23. The average molecular weight is 385 g/mol. The maximum absolute atomic E-state index is 13.1. The number of aldehydes is 1. The van der Waals surface area contributed by atoms with Crippen molar-refractivity contribution in [3.63, 3.8) is 0 Å². The number of nitrogens with zero attached hydrogens (tertiary/aromatic N) is 5. The Balaban J connectivity index is 1.72. The second-order valence-corrected chi connectivity index (χ2v) is 7.06. The van der Waals surface area contributed by atoms with E-state index in [1.165, 1.54) is 35.8 Å². The molecule has 0 radical (unpaired) electrons. The largest absolute Gasteiger partial charge is 0.329 e. The van der Waals surface area contributed by atoms with E-state index < -0.39 is 5.82 Å². The molecule has 0 spiro atoms. The van der Waals surface area contributed by atoms with Crippen LogP contribution < -0.4 is 0 Å². The minimum absolute atomic E-state index is 0.208. The van der Waals surface area contributed by atoms with Crippen LogP contribution in [0, 0.1) is 12.7 Å². The Morgan fingerprint density at radius 1 is 1.26 bits per heavy atom. The molecule has 0 N–H and O–H groups in total. The highest BCUT2D eigenvalue weighted by Crippen LogP contribution is 2.33. The number of aryl methyl sites for hydroxylation is 1. The number of carbonyl (C=O) groups is 2. The van der Waals surface area contributed by atoms with Crippen LogP contribution in [0.15, 0.2) is 24.3 Å². The fraction of sp³-hybridized carbons (Fsp3) is 0.278. The molecule has 0 fully saturated rings. The van der Waals surface area contributed by atoms with Crippen molar-refractivity contribution < 1.29 is 14.0 Å². The third kappa shape index (κ3) is 2.93. The Morgan fingerprint density at radius 2 is 2.00 bits per heavy atom. The van der Waals surface area contributed by atoms with E-state index in [0.717, 1.165) is 0 Å². The first-order valence-corrected chi connectivity index (χ1v) is 9.19. The van der Waals surface area contributed by atoms with Gasteiger partial charge in [0.1, 0.15) is 17.3 Å². The molecule has 0 aliphatic carbocycles. The molecule has 1 aromatic carbocycles. The van der Waals surface area contributed by atoms with E-state index in [4.69, 9.17) is 0 Å². The lowest BCUT2D eigenvalue weighted by atomic mass is 10.1. The van der Waals surface area contributed by atoms with E-state index in [1.807, 2.05) is 11.5 Å². The molecule has 0 unspecified atom stereocenters. The third-order valence-corrected chi connectivity index (χ3v) is 5.45. The van der Waals surface area contributed by atoms with Crippen molar-refractivity contribution in [1.29, 1.82) is 0 Å². The van der Waals surface area contributed by atoms with Gasteiger partial charge in [-0.2, -0.15) is 4.37 Å². The minimum atomic E-state index is -0.392. The van der Waals surface area contributed by atoms with Gasteiger partial charge < -0.3 is 9.47 Å². The normalized spacial score (nSPS) is 16.3. The highest BCUT2D eigenvalue weighted by Gasteiger charge is 2.34. The first-order valence-electron chi connectivity index (χ1n) is 8.42. The zero-order valence-electron chi connectivity index (χ0n) is 14.7. The molecule has 0 bridgehead atoms. The van der Waals surface area contributed by atoms with Gasteiger partial charge in [0, 0.05) is 18.7 Å². The molecule has 4 rings (SSSR count). The number of fused-ring (bicyclic) bond motifs is 1. The molecular formula is C18H16FN5O2S. The van der Waals surface area contributed by atoms with Gasteiger partial charge in [0.15, 0.2) is 17.1 Å². The second-order valence-electron chi connectivity index (χ2n) is 6.30. The van der Waals surface area contributed by atoms with E-state index in [0.29, 0.717) is 53.0 Å². The molecule has 27 heavy (non-hydrogen) atoms. The predicted octanol–water partition coefficient (Wildman–Crippen LogP) is 2.88. The number of aromatic nitrogens is 4. The van der Waals surface area contributed by atoms with Crippen molar-refractivity contribution in [3.05, 3.63) is 52.9 Å². The molecule has 2 aromatic heterocycles. The lowest BCUT2D eigenvalue weighted by molar-refractivity contribution is 0.0642. The number of hydrogen-bond donors (Lipinski definition) is 0. The third-order valence-electron chi connectivity index (χ3n) is 4.65. The first-order chi connectivity index (χ1) is 13.0.